The van der Waals surface area contributed by atoms with Gasteiger partial charge in [0.05, 0.1) is 23.7 Å². The minimum Gasteiger partial charge on any atom is -0.360 e. The van der Waals surface area contributed by atoms with Gasteiger partial charge in [-0.1, -0.05) is 0 Å². The fourth-order valence-corrected chi connectivity index (χ4v) is 5.79. The summed E-state index contributed by atoms with van der Waals surface area (Å²) in [5, 5.41) is 12.3. The van der Waals surface area contributed by atoms with Gasteiger partial charge in [0.25, 0.3) is 0 Å². The van der Waals surface area contributed by atoms with Crippen LogP contribution in [0.15, 0.2) is 18.3 Å². The van der Waals surface area contributed by atoms with E-state index in [1.807, 2.05) is 18.0 Å². The van der Waals surface area contributed by atoms with Crippen molar-refractivity contribution < 1.29 is 14.4 Å². The maximum Gasteiger partial charge on any atom is 0.328 e. The van der Waals surface area contributed by atoms with Crippen LogP contribution in [-0.4, -0.2) is 89.4 Å². The van der Waals surface area contributed by atoms with E-state index in [0.29, 0.717) is 55.2 Å². The Morgan fingerprint density at radius 2 is 2.14 bits per heavy atom. The number of pyridine rings is 2. The smallest absolute Gasteiger partial charge is 0.328 e. The Balaban J connectivity index is 1.37. The molecule has 37 heavy (non-hydrogen) atoms. The number of nitriles is 1. The number of anilines is 3. The summed E-state index contributed by atoms with van der Waals surface area (Å²) in [6.45, 7) is 3.32. The molecule has 0 saturated carbocycles. The molecule has 1 N–H and O–H groups in total. The Hall–Kier alpha value is -3.69. The normalized spacial score (nSPS) is 17.9. The molecule has 0 aliphatic carbocycles. The van der Waals surface area contributed by atoms with Crippen molar-refractivity contribution in [1.29, 1.82) is 5.26 Å². The van der Waals surface area contributed by atoms with Crippen LogP contribution in [0.4, 0.5) is 22.1 Å². The quantitative estimate of drug-likeness (QED) is 0.589. The molecule has 5 heterocycles. The number of aldehydes is 1. The van der Waals surface area contributed by atoms with Gasteiger partial charge in [0, 0.05) is 56.3 Å². The fraction of sp³-hybridized carbons (Fsp3) is 0.440. The molecule has 0 radical (unpaired) electrons. The zero-order valence-electron chi connectivity index (χ0n) is 20.6. The van der Waals surface area contributed by atoms with E-state index >= 15 is 0 Å². The van der Waals surface area contributed by atoms with Gasteiger partial charge in [0.15, 0.2) is 6.29 Å². The number of nitrogens with one attached hydrogen (secondary N) is 1. The zero-order valence-corrected chi connectivity index (χ0v) is 21.5. The van der Waals surface area contributed by atoms with Crippen molar-refractivity contribution in [2.24, 2.45) is 0 Å². The van der Waals surface area contributed by atoms with Crippen LogP contribution in [-0.2, 0) is 17.8 Å². The second-order valence-corrected chi connectivity index (χ2v) is 10.4. The van der Waals surface area contributed by atoms with E-state index in [2.05, 4.69) is 26.3 Å². The molecular weight excluding hydrogens is 492 g/mol. The summed E-state index contributed by atoms with van der Waals surface area (Å²) in [6, 6.07) is 5.41. The minimum absolute atomic E-state index is 0.0196. The van der Waals surface area contributed by atoms with Crippen molar-refractivity contribution in [3.63, 3.8) is 0 Å². The number of hydrogen-bond acceptors (Lipinski definition) is 9. The molecule has 12 heteroatoms. The number of nitrogens with zero attached hydrogens (tertiary/aromatic N) is 7. The summed E-state index contributed by atoms with van der Waals surface area (Å²) < 4.78 is 0. The van der Waals surface area contributed by atoms with Crippen LogP contribution >= 0.6 is 11.8 Å². The lowest BCUT2D eigenvalue weighted by Gasteiger charge is -2.33. The van der Waals surface area contributed by atoms with Crippen LogP contribution in [0, 0.1) is 11.3 Å². The molecule has 3 aliphatic heterocycles. The molecular formula is C25H28N8O3S. The van der Waals surface area contributed by atoms with Crippen LogP contribution in [0.3, 0.4) is 0 Å². The van der Waals surface area contributed by atoms with Gasteiger partial charge in [-0.05, 0) is 31.5 Å². The highest BCUT2D eigenvalue weighted by molar-refractivity contribution is 7.99. The van der Waals surface area contributed by atoms with E-state index in [0.717, 1.165) is 48.8 Å². The van der Waals surface area contributed by atoms with Crippen molar-refractivity contribution in [2.45, 2.75) is 19.4 Å². The second kappa shape index (κ2) is 10.7. The van der Waals surface area contributed by atoms with Gasteiger partial charge in [-0.3, -0.25) is 24.7 Å². The van der Waals surface area contributed by atoms with Crippen LogP contribution < -0.4 is 15.1 Å². The van der Waals surface area contributed by atoms with E-state index in [4.69, 9.17) is 0 Å². The van der Waals surface area contributed by atoms with Crippen molar-refractivity contribution in [1.82, 2.24) is 19.8 Å². The summed E-state index contributed by atoms with van der Waals surface area (Å²) in [5.41, 5.74) is 3.01. The Labute approximate surface area is 219 Å². The molecule has 0 spiro atoms. The molecule has 2 aromatic heterocycles. The molecule has 3 amide bonds. The van der Waals surface area contributed by atoms with Crippen molar-refractivity contribution in [3.05, 3.63) is 40.7 Å². The van der Waals surface area contributed by atoms with Crippen LogP contribution in [0.2, 0.25) is 0 Å². The van der Waals surface area contributed by atoms with Gasteiger partial charge in [-0.2, -0.15) is 5.26 Å². The number of urea groups is 1. The van der Waals surface area contributed by atoms with Gasteiger partial charge in [0.1, 0.15) is 23.4 Å². The summed E-state index contributed by atoms with van der Waals surface area (Å²) in [7, 11) is 1.91. The van der Waals surface area contributed by atoms with Crippen LogP contribution in [0.5, 0.6) is 0 Å². The molecule has 2 aromatic rings. The number of amides is 3. The van der Waals surface area contributed by atoms with Gasteiger partial charge >= 0.3 is 6.03 Å². The first-order valence-electron chi connectivity index (χ1n) is 12.2. The van der Waals surface area contributed by atoms with E-state index in [1.54, 1.807) is 22.7 Å². The molecule has 192 valence electrons. The molecule has 0 bridgehead atoms. The fourth-order valence-electron chi connectivity index (χ4n) is 4.83. The van der Waals surface area contributed by atoms with Gasteiger partial charge in [-0.15, -0.1) is 11.8 Å². The van der Waals surface area contributed by atoms with E-state index in [-0.39, 0.29) is 11.6 Å². The molecule has 0 aromatic carbocycles. The maximum absolute atomic E-state index is 13.3. The zero-order chi connectivity index (χ0) is 25.9. The molecule has 11 nitrogen and oxygen atoms in total. The monoisotopic (exact) mass is 520 g/mol. The number of aromatic nitrogens is 2. The lowest BCUT2D eigenvalue weighted by atomic mass is 10.0. The lowest BCUT2D eigenvalue weighted by Crippen LogP contribution is -2.48. The summed E-state index contributed by atoms with van der Waals surface area (Å²) in [5.74, 6) is 2.58. The van der Waals surface area contributed by atoms with Gasteiger partial charge in [-0.25, -0.2) is 14.8 Å². The first-order chi connectivity index (χ1) is 18.0. The Morgan fingerprint density at radius 3 is 2.86 bits per heavy atom. The Kier molecular flexibility index (Phi) is 7.25. The number of rotatable bonds is 5. The highest BCUT2D eigenvalue weighted by atomic mass is 32.2. The van der Waals surface area contributed by atoms with Gasteiger partial charge < -0.3 is 9.80 Å². The summed E-state index contributed by atoms with van der Waals surface area (Å²) in [6.07, 6.45) is 3.63. The second-order valence-electron chi connectivity index (χ2n) is 9.37. The molecule has 2 saturated heterocycles. The third-order valence-corrected chi connectivity index (χ3v) is 7.80. The van der Waals surface area contributed by atoms with Gasteiger partial charge in [0.2, 0.25) is 5.91 Å². The van der Waals surface area contributed by atoms with Crippen molar-refractivity contribution >= 4 is 47.3 Å². The Morgan fingerprint density at radius 1 is 1.27 bits per heavy atom. The van der Waals surface area contributed by atoms with E-state index < -0.39 is 6.03 Å². The first-order valence-corrected chi connectivity index (χ1v) is 13.4. The maximum atomic E-state index is 13.3. The number of hydrogen-bond donors (Lipinski definition) is 1. The van der Waals surface area contributed by atoms with Crippen molar-refractivity contribution in [2.75, 3.05) is 66.5 Å². The first kappa shape index (κ1) is 25.0. The van der Waals surface area contributed by atoms with Crippen molar-refractivity contribution in [3.8, 4) is 6.07 Å². The largest absolute Gasteiger partial charge is 0.360 e. The van der Waals surface area contributed by atoms with Crippen LogP contribution in [0.1, 0.15) is 33.6 Å². The SMILES string of the molecule is CN1CCN(Cc2cc3c(nc2C=O)N(C(=O)Nc2cc(N4CCSC4)c(C#N)cn2)CCC3)C(=O)C1. The average molecular weight is 521 g/mol. The third kappa shape index (κ3) is 5.23. The summed E-state index contributed by atoms with van der Waals surface area (Å²) >= 11 is 1.79. The number of likely N-dealkylation sites (N-methyl/N-ethyl adjacent to an activating group) is 1. The average Bonchev–Trinajstić information content (AvgIpc) is 3.44. The standard InChI is InChI=1S/C25H28N8O3S/c1-30-5-6-31(23(35)14-30)13-18-9-17-3-2-4-33(24(17)28-20(18)15-34)25(36)29-22-10-21(19(11-26)12-27-22)32-7-8-37-16-32/h9-10,12,15H,2-8,13-14,16H2,1H3,(H,27,29,36). The number of aryl methyl sites for hydroxylation is 1. The molecule has 3 aliphatic rings. The Bertz CT molecular complexity index is 1270. The predicted molar refractivity (Wildman–Crippen MR) is 141 cm³/mol. The van der Waals surface area contributed by atoms with E-state index in [9.17, 15) is 19.6 Å². The number of thioether (sulfide) groups is 1. The summed E-state index contributed by atoms with van der Waals surface area (Å²) in [4.78, 5) is 53.9. The molecule has 5 rings (SSSR count). The number of fused-ring (bicyclic) bond motifs is 1. The minimum atomic E-state index is -0.397. The molecule has 2 fully saturated rings. The highest BCUT2D eigenvalue weighted by Crippen LogP contribution is 2.30. The highest BCUT2D eigenvalue weighted by Gasteiger charge is 2.28. The van der Waals surface area contributed by atoms with E-state index in [1.165, 1.54) is 11.1 Å². The number of carbonyl (C=O) groups is 3. The topological polar surface area (TPSA) is 126 Å². The predicted octanol–water partition coefficient (Wildman–Crippen LogP) is 1.93. The molecule has 0 unspecified atom stereocenters. The number of carbonyl (C=O) groups excluding carboxylic acids is 3. The lowest BCUT2D eigenvalue weighted by molar-refractivity contribution is -0.136. The number of piperazine rings is 1. The van der Waals surface area contributed by atoms with Crippen LogP contribution in [0.25, 0.3) is 0 Å². The third-order valence-electron chi connectivity index (χ3n) is 6.83. The molecule has 0 atom stereocenters.